The third-order valence-corrected chi connectivity index (χ3v) is 8.84. The van der Waals surface area contributed by atoms with Gasteiger partial charge < -0.3 is 14.5 Å². The molecule has 9 heteroatoms. The lowest BCUT2D eigenvalue weighted by molar-refractivity contribution is -0.134. The Hall–Kier alpha value is -2.10. The number of sulfonamides is 1. The van der Waals surface area contributed by atoms with Gasteiger partial charge in [-0.05, 0) is 36.4 Å². The van der Waals surface area contributed by atoms with Gasteiger partial charge in [-0.1, -0.05) is 12.1 Å². The third-order valence-electron chi connectivity index (χ3n) is 5.56. The number of benzene rings is 1. The van der Waals surface area contributed by atoms with Crippen LogP contribution < -0.4 is 9.64 Å². The number of hydrogen-bond donors (Lipinski definition) is 0. The largest absolute Gasteiger partial charge is 0.497 e. The molecule has 0 N–H and O–H groups in total. The van der Waals surface area contributed by atoms with E-state index >= 15 is 0 Å². The number of ether oxygens (including phenoxy) is 1. The van der Waals surface area contributed by atoms with Crippen LogP contribution in [0.5, 0.6) is 5.75 Å². The Morgan fingerprint density at radius 2 is 1.90 bits per heavy atom. The number of rotatable bonds is 5. The predicted octanol–water partition coefficient (Wildman–Crippen LogP) is 2.26. The Morgan fingerprint density at radius 3 is 2.59 bits per heavy atom. The molecule has 2 aliphatic rings. The van der Waals surface area contributed by atoms with E-state index in [1.807, 2.05) is 29.2 Å². The second-order valence-electron chi connectivity index (χ2n) is 7.22. The molecular formula is C20H25N3O4S2. The molecule has 2 aromatic rings. The van der Waals surface area contributed by atoms with E-state index in [2.05, 4.69) is 4.90 Å². The van der Waals surface area contributed by atoms with Crippen LogP contribution in [0.2, 0.25) is 0 Å². The number of anilines is 1. The van der Waals surface area contributed by atoms with Gasteiger partial charge in [0.05, 0.1) is 7.11 Å². The molecule has 1 aromatic carbocycles. The third kappa shape index (κ3) is 3.99. The second kappa shape index (κ2) is 8.33. The van der Waals surface area contributed by atoms with Crippen LogP contribution in [0, 0.1) is 0 Å². The van der Waals surface area contributed by atoms with Crippen molar-refractivity contribution >= 4 is 33.0 Å². The fourth-order valence-corrected chi connectivity index (χ4v) is 6.77. The average molecular weight is 436 g/mol. The molecule has 0 aliphatic carbocycles. The molecule has 7 nitrogen and oxygen atoms in total. The monoisotopic (exact) mass is 435 g/mol. The number of carbonyl (C=O) groups excluding carboxylic acids is 1. The van der Waals surface area contributed by atoms with Crippen molar-refractivity contribution in [3.8, 4) is 5.75 Å². The smallest absolute Gasteiger partial charge is 0.253 e. The van der Waals surface area contributed by atoms with Crippen LogP contribution in [-0.2, 0) is 14.8 Å². The van der Waals surface area contributed by atoms with E-state index in [4.69, 9.17) is 4.74 Å². The lowest BCUT2D eigenvalue weighted by Gasteiger charge is -2.38. The average Bonchev–Trinajstić information content (AvgIpc) is 3.46. The van der Waals surface area contributed by atoms with Gasteiger partial charge in [-0.2, -0.15) is 4.31 Å². The van der Waals surface area contributed by atoms with Crippen LogP contribution in [0.1, 0.15) is 12.8 Å². The molecule has 0 radical (unpaired) electrons. The Balaban J connectivity index is 1.42. The first-order valence-corrected chi connectivity index (χ1v) is 12.1. The molecule has 1 unspecified atom stereocenters. The molecule has 2 fully saturated rings. The van der Waals surface area contributed by atoms with Gasteiger partial charge in [0.2, 0.25) is 5.91 Å². The Bertz CT molecular complexity index is 954. The molecule has 0 spiro atoms. The van der Waals surface area contributed by atoms with Crippen molar-refractivity contribution in [3.05, 3.63) is 41.8 Å². The SMILES string of the molecule is COc1cccc(N2CCN(C(=O)C3CCCN3S(=O)(=O)c3cccs3)CC2)c1. The molecule has 156 valence electrons. The Labute approximate surface area is 175 Å². The lowest BCUT2D eigenvalue weighted by atomic mass is 10.1. The maximum atomic E-state index is 13.2. The van der Waals surface area contributed by atoms with Gasteiger partial charge in [0.15, 0.2) is 0 Å². The molecular weight excluding hydrogens is 410 g/mol. The van der Waals surface area contributed by atoms with Crippen LogP contribution in [0.3, 0.4) is 0 Å². The normalized spacial score (nSPS) is 20.8. The highest BCUT2D eigenvalue weighted by Gasteiger charge is 2.42. The molecule has 3 heterocycles. The Morgan fingerprint density at radius 1 is 1.10 bits per heavy atom. The number of carbonyl (C=O) groups is 1. The van der Waals surface area contributed by atoms with Gasteiger partial charge in [0.1, 0.15) is 16.0 Å². The summed E-state index contributed by atoms with van der Waals surface area (Å²) < 4.78 is 32.9. The molecule has 1 atom stereocenters. The van der Waals surface area contributed by atoms with E-state index in [1.165, 1.54) is 15.6 Å². The number of piperazine rings is 1. The highest BCUT2D eigenvalue weighted by atomic mass is 32.2. The number of amides is 1. The van der Waals surface area contributed by atoms with Crippen molar-refractivity contribution in [3.63, 3.8) is 0 Å². The summed E-state index contributed by atoms with van der Waals surface area (Å²) in [7, 11) is -1.96. The van der Waals surface area contributed by atoms with E-state index in [-0.39, 0.29) is 5.91 Å². The summed E-state index contributed by atoms with van der Waals surface area (Å²) in [6, 6.07) is 10.6. The zero-order valence-corrected chi connectivity index (χ0v) is 18.0. The molecule has 1 amide bonds. The summed E-state index contributed by atoms with van der Waals surface area (Å²) in [4.78, 5) is 17.2. The number of hydrogen-bond acceptors (Lipinski definition) is 6. The van der Waals surface area contributed by atoms with Crippen LogP contribution in [0.15, 0.2) is 46.0 Å². The van der Waals surface area contributed by atoms with Crippen LogP contribution in [0.25, 0.3) is 0 Å². The molecule has 29 heavy (non-hydrogen) atoms. The summed E-state index contributed by atoms with van der Waals surface area (Å²) in [5.41, 5.74) is 1.07. The number of nitrogens with zero attached hydrogens (tertiary/aromatic N) is 3. The van der Waals surface area contributed by atoms with Gasteiger partial charge in [-0.15, -0.1) is 11.3 Å². The van der Waals surface area contributed by atoms with Crippen LogP contribution >= 0.6 is 11.3 Å². The van der Waals surface area contributed by atoms with Gasteiger partial charge in [0.25, 0.3) is 10.0 Å². The fraction of sp³-hybridized carbons (Fsp3) is 0.450. The highest BCUT2D eigenvalue weighted by molar-refractivity contribution is 7.91. The molecule has 1 aromatic heterocycles. The summed E-state index contributed by atoms with van der Waals surface area (Å²) in [6.45, 7) is 2.99. The van der Waals surface area contributed by atoms with Crippen LogP contribution in [0.4, 0.5) is 5.69 Å². The fourth-order valence-electron chi connectivity index (χ4n) is 4.00. The number of methoxy groups -OCH3 is 1. The van der Waals surface area contributed by atoms with E-state index in [1.54, 1.807) is 24.6 Å². The van der Waals surface area contributed by atoms with Crippen molar-refractivity contribution in [1.29, 1.82) is 0 Å². The van der Waals surface area contributed by atoms with Gasteiger partial charge in [-0.3, -0.25) is 4.79 Å². The molecule has 2 saturated heterocycles. The topological polar surface area (TPSA) is 70.2 Å². The molecule has 0 bridgehead atoms. The van der Waals surface area contributed by atoms with E-state index in [9.17, 15) is 13.2 Å². The lowest BCUT2D eigenvalue weighted by Crippen LogP contribution is -2.54. The maximum absolute atomic E-state index is 13.2. The standard InChI is InChI=1S/C20H25N3O4S2/c1-27-17-6-2-5-16(15-17)21-10-12-22(13-11-21)20(24)18-7-3-9-23(18)29(25,26)19-8-4-14-28-19/h2,4-6,8,14-15,18H,3,7,9-13H2,1H3. The van der Waals surface area contributed by atoms with Gasteiger partial charge in [0, 0.05) is 44.5 Å². The molecule has 2 aliphatic heterocycles. The first-order chi connectivity index (χ1) is 14.0. The minimum Gasteiger partial charge on any atom is -0.497 e. The zero-order chi connectivity index (χ0) is 20.4. The van der Waals surface area contributed by atoms with Crippen LogP contribution in [-0.4, -0.2) is 69.4 Å². The van der Waals surface area contributed by atoms with Crippen molar-refractivity contribution < 1.29 is 17.9 Å². The first kappa shape index (κ1) is 20.2. The predicted molar refractivity (Wildman–Crippen MR) is 113 cm³/mol. The van der Waals surface area contributed by atoms with Crippen molar-refractivity contribution in [2.75, 3.05) is 44.7 Å². The molecule has 4 rings (SSSR count). The first-order valence-electron chi connectivity index (χ1n) is 9.74. The minimum atomic E-state index is -3.61. The van der Waals surface area contributed by atoms with Crippen molar-refractivity contribution in [1.82, 2.24) is 9.21 Å². The second-order valence-corrected chi connectivity index (χ2v) is 10.3. The summed E-state index contributed by atoms with van der Waals surface area (Å²) in [5.74, 6) is 0.731. The van der Waals surface area contributed by atoms with Crippen molar-refractivity contribution in [2.45, 2.75) is 23.1 Å². The maximum Gasteiger partial charge on any atom is 0.253 e. The van der Waals surface area contributed by atoms with E-state index < -0.39 is 16.1 Å². The quantitative estimate of drug-likeness (QED) is 0.721. The minimum absolute atomic E-state index is 0.0760. The van der Waals surface area contributed by atoms with Gasteiger partial charge in [-0.25, -0.2) is 8.42 Å². The summed E-state index contributed by atoms with van der Waals surface area (Å²) in [5, 5.41) is 1.75. The summed E-state index contributed by atoms with van der Waals surface area (Å²) >= 11 is 1.20. The van der Waals surface area contributed by atoms with E-state index in [0.29, 0.717) is 49.8 Å². The van der Waals surface area contributed by atoms with Crippen molar-refractivity contribution in [2.24, 2.45) is 0 Å². The zero-order valence-electron chi connectivity index (χ0n) is 16.4. The van der Waals surface area contributed by atoms with E-state index in [0.717, 1.165) is 11.4 Å². The molecule has 0 saturated carbocycles. The van der Waals surface area contributed by atoms with Gasteiger partial charge >= 0.3 is 0 Å². The highest BCUT2D eigenvalue weighted by Crippen LogP contribution is 2.30. The summed E-state index contributed by atoms with van der Waals surface area (Å²) in [6.07, 6.45) is 1.30. The number of thiophene rings is 1. The Kier molecular flexibility index (Phi) is 5.80.